The Kier molecular flexibility index (Phi) is 5.11. The summed E-state index contributed by atoms with van der Waals surface area (Å²) in [4.78, 5) is 14.9. The van der Waals surface area contributed by atoms with Crippen LogP contribution in [0.2, 0.25) is 0 Å². The zero-order valence-corrected chi connectivity index (χ0v) is 13.5. The molecule has 3 heteroatoms. The summed E-state index contributed by atoms with van der Waals surface area (Å²) in [6.07, 6.45) is 8.09. The number of piperidine rings is 1. The number of hydrogen-bond donors (Lipinski definition) is 1. The van der Waals surface area contributed by atoms with Crippen LogP contribution >= 0.6 is 0 Å². The van der Waals surface area contributed by atoms with Gasteiger partial charge < -0.3 is 10.6 Å². The third-order valence-corrected chi connectivity index (χ3v) is 6.32. The maximum absolute atomic E-state index is 12.8. The highest BCUT2D eigenvalue weighted by Gasteiger charge is 2.38. The molecule has 0 aromatic heterocycles. The largest absolute Gasteiger partial charge is 0.342 e. The molecule has 3 unspecified atom stereocenters. The number of rotatable bonds is 3. The molecule has 1 aliphatic carbocycles. The van der Waals surface area contributed by atoms with E-state index in [4.69, 9.17) is 5.73 Å². The number of likely N-dealkylation sites (tertiary alicyclic amines) is 1. The van der Waals surface area contributed by atoms with Crippen molar-refractivity contribution in [2.45, 2.75) is 71.8 Å². The summed E-state index contributed by atoms with van der Waals surface area (Å²) in [6, 6.07) is 0.216. The van der Waals surface area contributed by atoms with E-state index in [1.165, 1.54) is 25.7 Å². The van der Waals surface area contributed by atoms with Gasteiger partial charge in [-0.25, -0.2) is 0 Å². The Hall–Kier alpha value is -0.570. The first kappa shape index (κ1) is 15.8. The standard InChI is InChI=1S/C17H32N2O/c1-4-17(5-2)9-11-19(12-10-17)16(20)14-7-6-8-15(18)13(14)3/h13-15H,4-12,18H2,1-3H3. The molecule has 20 heavy (non-hydrogen) atoms. The highest BCUT2D eigenvalue weighted by atomic mass is 16.2. The second-order valence-electron chi connectivity index (χ2n) is 7.09. The molecule has 2 fully saturated rings. The molecule has 2 aliphatic rings. The van der Waals surface area contributed by atoms with Gasteiger partial charge in [0, 0.05) is 25.0 Å². The summed E-state index contributed by atoms with van der Waals surface area (Å²) in [6.45, 7) is 8.67. The van der Waals surface area contributed by atoms with Gasteiger partial charge in [0.25, 0.3) is 0 Å². The van der Waals surface area contributed by atoms with Crippen molar-refractivity contribution in [2.75, 3.05) is 13.1 Å². The van der Waals surface area contributed by atoms with Crippen LogP contribution in [0.1, 0.15) is 65.7 Å². The van der Waals surface area contributed by atoms with Crippen molar-refractivity contribution < 1.29 is 4.79 Å². The van der Waals surface area contributed by atoms with Crippen LogP contribution in [0.4, 0.5) is 0 Å². The second kappa shape index (κ2) is 6.46. The third kappa shape index (κ3) is 3.03. The van der Waals surface area contributed by atoms with E-state index in [-0.39, 0.29) is 12.0 Å². The van der Waals surface area contributed by atoms with Crippen molar-refractivity contribution >= 4 is 5.91 Å². The molecule has 1 heterocycles. The van der Waals surface area contributed by atoms with Gasteiger partial charge in [-0.2, -0.15) is 0 Å². The van der Waals surface area contributed by atoms with E-state index in [0.29, 0.717) is 17.2 Å². The van der Waals surface area contributed by atoms with Crippen molar-refractivity contribution in [3.8, 4) is 0 Å². The van der Waals surface area contributed by atoms with Crippen LogP contribution in [-0.4, -0.2) is 29.9 Å². The lowest BCUT2D eigenvalue weighted by Crippen LogP contribution is -2.49. The molecule has 0 spiro atoms. The summed E-state index contributed by atoms with van der Waals surface area (Å²) < 4.78 is 0. The third-order valence-electron chi connectivity index (χ3n) is 6.32. The number of carbonyl (C=O) groups is 1. The van der Waals surface area contributed by atoms with Crippen molar-refractivity contribution in [1.29, 1.82) is 0 Å². The Labute approximate surface area is 124 Å². The summed E-state index contributed by atoms with van der Waals surface area (Å²) in [5, 5.41) is 0. The highest BCUT2D eigenvalue weighted by Crippen LogP contribution is 2.39. The fourth-order valence-electron chi connectivity index (χ4n) is 4.14. The van der Waals surface area contributed by atoms with Gasteiger partial charge in [0.05, 0.1) is 0 Å². The van der Waals surface area contributed by atoms with Gasteiger partial charge in [-0.15, -0.1) is 0 Å². The van der Waals surface area contributed by atoms with Crippen molar-refractivity contribution in [3.05, 3.63) is 0 Å². The fourth-order valence-corrected chi connectivity index (χ4v) is 4.14. The molecule has 0 aromatic carbocycles. The van der Waals surface area contributed by atoms with Gasteiger partial charge >= 0.3 is 0 Å². The van der Waals surface area contributed by atoms with E-state index in [9.17, 15) is 4.79 Å². The lowest BCUT2D eigenvalue weighted by molar-refractivity contribution is -0.141. The van der Waals surface area contributed by atoms with Crippen LogP contribution < -0.4 is 5.73 Å². The quantitative estimate of drug-likeness (QED) is 0.863. The molecule has 2 rings (SSSR count). The average Bonchev–Trinajstić information content (AvgIpc) is 2.49. The molecule has 2 N–H and O–H groups in total. The lowest BCUT2D eigenvalue weighted by atomic mass is 9.73. The number of amides is 1. The number of hydrogen-bond acceptors (Lipinski definition) is 2. The van der Waals surface area contributed by atoms with Gasteiger partial charge in [-0.05, 0) is 37.0 Å². The summed E-state index contributed by atoms with van der Waals surface area (Å²) >= 11 is 0. The first-order valence-corrected chi connectivity index (χ1v) is 8.57. The predicted octanol–water partition coefficient (Wildman–Crippen LogP) is 3.18. The number of nitrogens with two attached hydrogens (primary N) is 1. The van der Waals surface area contributed by atoms with E-state index in [0.717, 1.165) is 32.4 Å². The molecule has 0 radical (unpaired) electrons. The van der Waals surface area contributed by atoms with Gasteiger partial charge in [-0.1, -0.05) is 40.0 Å². The van der Waals surface area contributed by atoms with Gasteiger partial charge in [0.2, 0.25) is 5.91 Å². The van der Waals surface area contributed by atoms with Gasteiger partial charge in [0.15, 0.2) is 0 Å². The minimum Gasteiger partial charge on any atom is -0.342 e. The maximum atomic E-state index is 12.8. The van der Waals surface area contributed by atoms with Crippen LogP contribution in [-0.2, 0) is 4.79 Å². The fraction of sp³-hybridized carbons (Fsp3) is 0.941. The summed E-state index contributed by atoms with van der Waals surface area (Å²) in [7, 11) is 0. The van der Waals surface area contributed by atoms with Crippen LogP contribution in [0.15, 0.2) is 0 Å². The minimum atomic E-state index is 0.175. The predicted molar refractivity (Wildman–Crippen MR) is 83.3 cm³/mol. The van der Waals surface area contributed by atoms with E-state index >= 15 is 0 Å². The van der Waals surface area contributed by atoms with Crippen molar-refractivity contribution in [3.63, 3.8) is 0 Å². The van der Waals surface area contributed by atoms with Crippen LogP contribution in [0.25, 0.3) is 0 Å². The summed E-state index contributed by atoms with van der Waals surface area (Å²) in [5.74, 6) is 0.906. The molecular formula is C17H32N2O. The van der Waals surface area contributed by atoms with Crippen molar-refractivity contribution in [1.82, 2.24) is 4.90 Å². The van der Waals surface area contributed by atoms with Gasteiger partial charge in [-0.3, -0.25) is 4.79 Å². The highest BCUT2D eigenvalue weighted by molar-refractivity contribution is 5.79. The minimum absolute atomic E-state index is 0.175. The smallest absolute Gasteiger partial charge is 0.226 e. The number of carbonyl (C=O) groups excluding carboxylic acids is 1. The van der Waals surface area contributed by atoms with Crippen LogP contribution in [0.3, 0.4) is 0 Å². The first-order valence-electron chi connectivity index (χ1n) is 8.57. The Bertz CT molecular complexity index is 328. The molecule has 1 saturated heterocycles. The molecule has 1 aliphatic heterocycles. The molecule has 116 valence electrons. The Morgan fingerprint density at radius 2 is 1.80 bits per heavy atom. The molecular weight excluding hydrogens is 248 g/mol. The lowest BCUT2D eigenvalue weighted by Gasteiger charge is -2.43. The van der Waals surface area contributed by atoms with Crippen LogP contribution in [0.5, 0.6) is 0 Å². The van der Waals surface area contributed by atoms with Crippen molar-refractivity contribution in [2.24, 2.45) is 23.0 Å². The SMILES string of the molecule is CCC1(CC)CCN(C(=O)C2CCCC(N)C2C)CC1. The Morgan fingerprint density at radius 1 is 1.20 bits per heavy atom. The van der Waals surface area contributed by atoms with E-state index in [1.54, 1.807) is 0 Å². The topological polar surface area (TPSA) is 46.3 Å². The monoisotopic (exact) mass is 280 g/mol. The molecule has 0 bridgehead atoms. The maximum Gasteiger partial charge on any atom is 0.226 e. The average molecular weight is 280 g/mol. The first-order chi connectivity index (χ1) is 9.53. The van der Waals surface area contributed by atoms with E-state index < -0.39 is 0 Å². The normalized spacial score (nSPS) is 34.0. The van der Waals surface area contributed by atoms with E-state index in [1.807, 2.05) is 0 Å². The molecule has 1 amide bonds. The van der Waals surface area contributed by atoms with E-state index in [2.05, 4.69) is 25.7 Å². The summed E-state index contributed by atoms with van der Waals surface area (Å²) in [5.41, 5.74) is 6.64. The van der Waals surface area contributed by atoms with Gasteiger partial charge in [0.1, 0.15) is 0 Å². The Morgan fingerprint density at radius 3 is 2.35 bits per heavy atom. The molecule has 1 saturated carbocycles. The molecule has 3 atom stereocenters. The zero-order chi connectivity index (χ0) is 14.8. The zero-order valence-electron chi connectivity index (χ0n) is 13.5. The Balaban J connectivity index is 1.94. The number of nitrogens with zero attached hydrogens (tertiary/aromatic N) is 1. The molecule has 3 nitrogen and oxygen atoms in total. The molecule has 0 aromatic rings. The second-order valence-corrected chi connectivity index (χ2v) is 7.09. The van der Waals surface area contributed by atoms with Crippen LogP contribution in [0, 0.1) is 17.3 Å².